The zero-order valence-corrected chi connectivity index (χ0v) is 25.4. The molecular weight excluding hydrogens is 613 g/mol. The van der Waals surface area contributed by atoms with Crippen LogP contribution in [0.25, 0.3) is 32.9 Å². The summed E-state index contributed by atoms with van der Waals surface area (Å²) in [6.07, 6.45) is 1.45. The van der Waals surface area contributed by atoms with E-state index in [1.807, 2.05) is 18.3 Å². The number of anilines is 1. The molecule has 2 aromatic heterocycles. The van der Waals surface area contributed by atoms with Crippen molar-refractivity contribution < 1.29 is 23.0 Å². The molecule has 3 heterocycles. The van der Waals surface area contributed by atoms with E-state index < -0.39 is 18.4 Å². The number of rotatable bonds is 9. The van der Waals surface area contributed by atoms with Crippen LogP contribution in [-0.2, 0) is 11.3 Å². The maximum Gasteiger partial charge on any atom is 0.275 e. The number of nitrogen functional groups attached to an aromatic ring is 1. The van der Waals surface area contributed by atoms with Gasteiger partial charge < -0.3 is 24.5 Å². The van der Waals surface area contributed by atoms with Crippen molar-refractivity contribution in [1.82, 2.24) is 14.3 Å². The van der Waals surface area contributed by atoms with Gasteiger partial charge in [0.2, 0.25) is 6.43 Å². The summed E-state index contributed by atoms with van der Waals surface area (Å²) in [6.45, 7) is 0.595. The number of nitrogens with two attached hydrogens (primary N) is 1. The molecule has 5 aromatic rings. The first-order valence-electron chi connectivity index (χ1n) is 14.2. The van der Waals surface area contributed by atoms with Crippen LogP contribution in [0.2, 0.25) is 10.0 Å². The Morgan fingerprint density at radius 1 is 1.09 bits per heavy atom. The zero-order valence-electron chi connectivity index (χ0n) is 23.9. The molecule has 0 radical (unpaired) electrons. The van der Waals surface area contributed by atoms with Gasteiger partial charge in [-0.05, 0) is 60.7 Å². The molecule has 0 amide bonds. The van der Waals surface area contributed by atoms with Gasteiger partial charge in [0, 0.05) is 35.6 Å². The van der Waals surface area contributed by atoms with E-state index in [4.69, 9.17) is 48.2 Å². The number of ether oxygens (including phenoxy) is 3. The van der Waals surface area contributed by atoms with Gasteiger partial charge in [0.15, 0.2) is 0 Å². The fraction of sp³-hybridized carbons (Fsp3) is 0.312. The molecule has 1 aliphatic rings. The van der Waals surface area contributed by atoms with E-state index in [1.165, 1.54) is 4.57 Å². The number of fused-ring (bicyclic) bond motifs is 2. The van der Waals surface area contributed by atoms with E-state index in [2.05, 4.69) is 0 Å². The van der Waals surface area contributed by atoms with Crippen LogP contribution in [0.5, 0.6) is 11.5 Å². The van der Waals surface area contributed by atoms with Gasteiger partial charge in [0.25, 0.3) is 5.56 Å². The quantitative estimate of drug-likeness (QED) is 0.177. The van der Waals surface area contributed by atoms with E-state index in [-0.39, 0.29) is 35.8 Å². The molecule has 230 valence electrons. The second-order valence-corrected chi connectivity index (χ2v) is 11.5. The van der Waals surface area contributed by atoms with Crippen LogP contribution in [-0.4, -0.2) is 41.1 Å². The number of aromatic nitrogens is 3. The fourth-order valence-corrected chi connectivity index (χ4v) is 6.01. The second kappa shape index (κ2) is 12.6. The molecule has 1 atom stereocenters. The first kappa shape index (κ1) is 30.2. The van der Waals surface area contributed by atoms with Gasteiger partial charge in [0.05, 0.1) is 35.8 Å². The van der Waals surface area contributed by atoms with Crippen molar-refractivity contribution >= 4 is 50.7 Å². The van der Waals surface area contributed by atoms with Gasteiger partial charge in [-0.25, -0.2) is 13.5 Å². The second-order valence-electron chi connectivity index (χ2n) is 10.6. The molecule has 6 rings (SSSR count). The third kappa shape index (κ3) is 5.81. The molecule has 12 heteroatoms. The number of nitrogens with zero attached hydrogens (tertiary/aromatic N) is 3. The van der Waals surface area contributed by atoms with Crippen molar-refractivity contribution in [3.05, 3.63) is 80.7 Å². The Labute approximate surface area is 261 Å². The Balaban J connectivity index is 1.57. The highest BCUT2D eigenvalue weighted by molar-refractivity contribution is 6.36. The van der Waals surface area contributed by atoms with E-state index in [0.29, 0.717) is 50.3 Å². The first-order valence-corrected chi connectivity index (χ1v) is 15.0. The van der Waals surface area contributed by atoms with Crippen molar-refractivity contribution in [1.29, 1.82) is 0 Å². The van der Waals surface area contributed by atoms with Crippen molar-refractivity contribution in [2.45, 2.75) is 44.9 Å². The van der Waals surface area contributed by atoms with Crippen LogP contribution in [0, 0.1) is 0 Å². The Kier molecular flexibility index (Phi) is 8.66. The summed E-state index contributed by atoms with van der Waals surface area (Å²) >= 11 is 13.2. The van der Waals surface area contributed by atoms with Crippen molar-refractivity contribution in [3.8, 4) is 22.6 Å². The largest absolute Gasteiger partial charge is 0.497 e. The summed E-state index contributed by atoms with van der Waals surface area (Å²) < 4.78 is 46.0. The summed E-state index contributed by atoms with van der Waals surface area (Å²) in [4.78, 5) is 14.0. The number of methoxy groups -OCH3 is 1. The van der Waals surface area contributed by atoms with Crippen LogP contribution in [0.3, 0.4) is 0 Å². The lowest BCUT2D eigenvalue weighted by atomic mass is 9.96. The molecule has 0 bridgehead atoms. The van der Waals surface area contributed by atoms with Crippen LogP contribution < -0.4 is 20.8 Å². The Morgan fingerprint density at radius 2 is 1.89 bits per heavy atom. The zero-order chi connectivity index (χ0) is 31.0. The minimum absolute atomic E-state index is 0.00264. The first-order chi connectivity index (χ1) is 21.2. The van der Waals surface area contributed by atoms with E-state index >= 15 is 0 Å². The molecule has 1 saturated heterocycles. The number of alkyl halides is 2. The number of benzene rings is 3. The third-order valence-corrected chi connectivity index (χ3v) is 8.41. The molecule has 0 saturated carbocycles. The summed E-state index contributed by atoms with van der Waals surface area (Å²) in [6, 6.07) is 14.1. The maximum absolute atomic E-state index is 14.0. The van der Waals surface area contributed by atoms with Crippen molar-refractivity contribution in [2.75, 3.05) is 26.1 Å². The summed E-state index contributed by atoms with van der Waals surface area (Å²) in [7, 11) is 1.58. The predicted octanol–water partition coefficient (Wildman–Crippen LogP) is 7.70. The molecule has 44 heavy (non-hydrogen) atoms. The van der Waals surface area contributed by atoms with E-state index in [0.717, 1.165) is 24.8 Å². The van der Waals surface area contributed by atoms with E-state index in [9.17, 15) is 13.6 Å². The average Bonchev–Trinajstić information content (AvgIpc) is 3.48. The number of hydrogen-bond acceptors (Lipinski definition) is 6. The third-order valence-electron chi connectivity index (χ3n) is 7.81. The molecule has 1 aliphatic heterocycles. The molecule has 1 fully saturated rings. The predicted molar refractivity (Wildman–Crippen MR) is 168 cm³/mol. The Bertz CT molecular complexity index is 1890. The molecule has 8 nitrogen and oxygen atoms in total. The molecule has 2 N–H and O–H groups in total. The summed E-state index contributed by atoms with van der Waals surface area (Å²) in [5, 5.41) is 6.59. The Hall–Kier alpha value is -3.86. The fourth-order valence-electron chi connectivity index (χ4n) is 5.59. The number of pyridine rings is 1. The van der Waals surface area contributed by atoms with Crippen molar-refractivity contribution in [2.24, 2.45) is 0 Å². The Morgan fingerprint density at radius 3 is 2.59 bits per heavy atom. The van der Waals surface area contributed by atoms with Crippen molar-refractivity contribution in [3.63, 3.8) is 0 Å². The van der Waals surface area contributed by atoms with Crippen LogP contribution in [0.15, 0.2) is 59.5 Å². The van der Waals surface area contributed by atoms with Crippen LogP contribution >= 0.6 is 23.2 Å². The van der Waals surface area contributed by atoms with Gasteiger partial charge in [-0.2, -0.15) is 5.10 Å². The highest BCUT2D eigenvalue weighted by Crippen LogP contribution is 2.42. The van der Waals surface area contributed by atoms with Gasteiger partial charge in [-0.15, -0.1) is 0 Å². The molecule has 0 aliphatic carbocycles. The molecule has 0 spiro atoms. The van der Waals surface area contributed by atoms with Gasteiger partial charge in [-0.3, -0.25) is 4.79 Å². The van der Waals surface area contributed by atoms with Crippen LogP contribution in [0.1, 0.15) is 37.5 Å². The van der Waals surface area contributed by atoms with E-state index in [1.54, 1.807) is 48.2 Å². The monoisotopic (exact) mass is 642 g/mol. The minimum atomic E-state index is -2.53. The molecule has 3 aromatic carbocycles. The minimum Gasteiger partial charge on any atom is -0.497 e. The SMILES string of the molecule is COc1ccc(Cn2c(=O)c(N)c(-c3ccc(Cl)c4nn(C5CCCCO5)cc34)c3cc(OCCC(F)F)c(Cl)cc32)cc1. The lowest BCUT2D eigenvalue weighted by Crippen LogP contribution is -2.25. The lowest BCUT2D eigenvalue weighted by molar-refractivity contribution is -0.0390. The maximum atomic E-state index is 14.0. The van der Waals surface area contributed by atoms with Gasteiger partial charge in [-0.1, -0.05) is 41.4 Å². The van der Waals surface area contributed by atoms with Gasteiger partial charge >= 0.3 is 0 Å². The normalized spacial score (nSPS) is 15.4. The lowest BCUT2D eigenvalue weighted by Gasteiger charge is -2.22. The summed E-state index contributed by atoms with van der Waals surface area (Å²) in [5.74, 6) is 0.881. The van der Waals surface area contributed by atoms with Gasteiger partial charge in [0.1, 0.15) is 28.9 Å². The number of halogens is 4. The molecular formula is C32H30Cl2F2N4O4. The average molecular weight is 644 g/mol. The summed E-state index contributed by atoms with van der Waals surface area (Å²) in [5.41, 5.74) is 9.19. The van der Waals surface area contributed by atoms with Crippen LogP contribution in [0.4, 0.5) is 14.5 Å². The highest BCUT2D eigenvalue weighted by atomic mass is 35.5. The topological polar surface area (TPSA) is 93.5 Å². The standard InChI is InChI=1S/C32H30Cl2F2N4O4/c1-42-19-7-5-18(6-8-19)16-39-25-15-24(34)26(43-13-11-27(35)36)14-21(25)29(30(37)32(39)41)20-9-10-23(33)31-22(20)17-40(38-31)28-4-2-3-12-44-28/h5-10,14-15,17,27-28H,2-4,11-13,16,37H2,1H3. The number of hydrogen-bond donors (Lipinski definition) is 1. The molecule has 1 unspecified atom stereocenters. The highest BCUT2D eigenvalue weighted by Gasteiger charge is 2.24. The smallest absolute Gasteiger partial charge is 0.275 e.